The summed E-state index contributed by atoms with van der Waals surface area (Å²) in [6.07, 6.45) is 4.29. The molecule has 0 saturated heterocycles. The van der Waals surface area contributed by atoms with Crippen LogP contribution < -0.4 is 0 Å². The van der Waals surface area contributed by atoms with Gasteiger partial charge in [-0.05, 0) is 23.3 Å². The average Bonchev–Trinajstić information content (AvgIpc) is 2.74. The van der Waals surface area contributed by atoms with Crippen molar-refractivity contribution in [3.05, 3.63) is 35.4 Å². The molecular weight excluding hydrogens is 218 g/mol. The maximum atomic E-state index is 12.1. The summed E-state index contributed by atoms with van der Waals surface area (Å²) in [5.74, 6) is 0.439. The summed E-state index contributed by atoms with van der Waals surface area (Å²) in [7, 11) is 1.67. The summed E-state index contributed by atoms with van der Waals surface area (Å²) in [5.41, 5.74) is 1.64. The number of nitrogens with zero attached hydrogens (tertiary/aromatic N) is 5. The molecule has 0 aliphatic carbocycles. The van der Waals surface area contributed by atoms with Gasteiger partial charge < -0.3 is 0 Å². The van der Waals surface area contributed by atoms with E-state index in [1.807, 2.05) is 6.92 Å². The first-order valence-electron chi connectivity index (χ1n) is 5.39. The highest BCUT2D eigenvalue weighted by Crippen LogP contribution is 2.10. The van der Waals surface area contributed by atoms with Crippen LogP contribution in [0.4, 0.5) is 0 Å². The summed E-state index contributed by atoms with van der Waals surface area (Å²) in [5, 5.41) is 11.5. The fourth-order valence-corrected chi connectivity index (χ4v) is 1.61. The Labute approximate surface area is 98.7 Å². The number of carbonyl (C=O) groups is 1. The topological polar surface area (TPSA) is 73.6 Å². The number of pyridine rings is 1. The molecule has 6 nitrogen and oxygen atoms in total. The van der Waals surface area contributed by atoms with Crippen LogP contribution in [0.5, 0.6) is 0 Å². The molecule has 17 heavy (non-hydrogen) atoms. The SMILES string of the molecule is CCc1cnccc1C(=O)Cc1nnn(C)n1. The molecule has 2 aromatic heterocycles. The fraction of sp³-hybridized carbons (Fsp3) is 0.364. The average molecular weight is 231 g/mol. The molecule has 0 bridgehead atoms. The molecule has 0 aliphatic rings. The first-order chi connectivity index (χ1) is 8.20. The van der Waals surface area contributed by atoms with Crippen LogP contribution in [0.1, 0.15) is 28.7 Å². The van der Waals surface area contributed by atoms with Crippen LogP contribution in [-0.4, -0.2) is 31.0 Å². The Hall–Kier alpha value is -2.11. The molecule has 0 N–H and O–H groups in total. The monoisotopic (exact) mass is 231 g/mol. The van der Waals surface area contributed by atoms with Crippen molar-refractivity contribution >= 4 is 5.78 Å². The van der Waals surface area contributed by atoms with Crippen molar-refractivity contribution in [2.45, 2.75) is 19.8 Å². The maximum absolute atomic E-state index is 12.1. The lowest BCUT2D eigenvalue weighted by Gasteiger charge is -2.03. The van der Waals surface area contributed by atoms with Crippen molar-refractivity contribution < 1.29 is 4.79 Å². The Morgan fingerprint density at radius 2 is 2.29 bits per heavy atom. The van der Waals surface area contributed by atoms with Crippen molar-refractivity contribution in [1.29, 1.82) is 0 Å². The quantitative estimate of drug-likeness (QED) is 0.720. The number of hydrogen-bond acceptors (Lipinski definition) is 5. The number of ketones is 1. The standard InChI is InChI=1S/C11H13N5O/c1-3-8-7-12-5-4-9(8)10(17)6-11-13-15-16(2)14-11/h4-5,7H,3,6H2,1-2H3. The number of tetrazole rings is 1. The van der Waals surface area contributed by atoms with E-state index in [2.05, 4.69) is 20.4 Å². The summed E-state index contributed by atoms with van der Waals surface area (Å²) < 4.78 is 0. The van der Waals surface area contributed by atoms with Crippen LogP contribution >= 0.6 is 0 Å². The summed E-state index contributed by atoms with van der Waals surface area (Å²) >= 11 is 0. The van der Waals surface area contributed by atoms with Crippen molar-refractivity contribution in [2.24, 2.45) is 7.05 Å². The van der Waals surface area contributed by atoms with Gasteiger partial charge in [0.15, 0.2) is 11.6 Å². The lowest BCUT2D eigenvalue weighted by Crippen LogP contribution is -2.08. The largest absolute Gasteiger partial charge is 0.294 e. The van der Waals surface area contributed by atoms with Gasteiger partial charge in [-0.15, -0.1) is 10.2 Å². The van der Waals surface area contributed by atoms with Crippen LogP contribution in [0, 0.1) is 0 Å². The Morgan fingerprint density at radius 1 is 1.47 bits per heavy atom. The molecule has 2 rings (SSSR count). The molecular formula is C11H13N5O. The molecule has 0 unspecified atom stereocenters. The lowest BCUT2D eigenvalue weighted by atomic mass is 10.0. The minimum absolute atomic E-state index is 0.00255. The van der Waals surface area contributed by atoms with Gasteiger partial charge in [0.05, 0.1) is 13.5 Å². The van der Waals surface area contributed by atoms with Crippen LogP contribution in [-0.2, 0) is 19.9 Å². The van der Waals surface area contributed by atoms with E-state index in [-0.39, 0.29) is 12.2 Å². The zero-order valence-corrected chi connectivity index (χ0v) is 9.79. The summed E-state index contributed by atoms with van der Waals surface area (Å²) in [4.78, 5) is 17.4. The number of aromatic nitrogens is 5. The third-order valence-corrected chi connectivity index (χ3v) is 2.45. The third-order valence-electron chi connectivity index (χ3n) is 2.45. The van der Waals surface area contributed by atoms with E-state index in [4.69, 9.17) is 0 Å². The molecule has 0 spiro atoms. The molecule has 0 fully saturated rings. The molecule has 0 amide bonds. The van der Waals surface area contributed by atoms with Gasteiger partial charge in [-0.3, -0.25) is 9.78 Å². The number of hydrogen-bond donors (Lipinski definition) is 0. The maximum Gasteiger partial charge on any atom is 0.182 e. The highest BCUT2D eigenvalue weighted by Gasteiger charge is 2.13. The zero-order valence-electron chi connectivity index (χ0n) is 9.79. The summed E-state index contributed by atoms with van der Waals surface area (Å²) in [6.45, 7) is 1.99. The number of rotatable bonds is 4. The van der Waals surface area contributed by atoms with Gasteiger partial charge in [0, 0.05) is 18.0 Å². The van der Waals surface area contributed by atoms with E-state index in [1.165, 1.54) is 4.80 Å². The highest BCUT2D eigenvalue weighted by atomic mass is 16.1. The first-order valence-corrected chi connectivity index (χ1v) is 5.39. The molecule has 0 aromatic carbocycles. The molecule has 0 radical (unpaired) electrons. The van der Waals surface area contributed by atoms with E-state index in [9.17, 15) is 4.79 Å². The van der Waals surface area contributed by atoms with E-state index in [0.29, 0.717) is 11.4 Å². The van der Waals surface area contributed by atoms with Gasteiger partial charge in [0.2, 0.25) is 0 Å². The number of carbonyl (C=O) groups excluding carboxylic acids is 1. The van der Waals surface area contributed by atoms with Crippen LogP contribution in [0.15, 0.2) is 18.5 Å². The van der Waals surface area contributed by atoms with Crippen molar-refractivity contribution in [3.8, 4) is 0 Å². The van der Waals surface area contributed by atoms with Gasteiger partial charge in [0.1, 0.15) is 0 Å². The van der Waals surface area contributed by atoms with E-state index in [0.717, 1.165) is 12.0 Å². The molecule has 88 valence electrons. The minimum atomic E-state index is -0.00255. The van der Waals surface area contributed by atoms with E-state index in [1.54, 1.807) is 25.5 Å². The zero-order chi connectivity index (χ0) is 12.3. The first kappa shape index (κ1) is 11.4. The van der Waals surface area contributed by atoms with Gasteiger partial charge >= 0.3 is 0 Å². The number of Topliss-reactive ketones (excluding diaryl/α,β-unsaturated/α-hetero) is 1. The Kier molecular flexibility index (Phi) is 3.22. The molecule has 0 atom stereocenters. The van der Waals surface area contributed by atoms with Crippen molar-refractivity contribution in [1.82, 2.24) is 25.2 Å². The van der Waals surface area contributed by atoms with Crippen molar-refractivity contribution in [3.63, 3.8) is 0 Å². The summed E-state index contributed by atoms with van der Waals surface area (Å²) in [6, 6.07) is 1.73. The van der Waals surface area contributed by atoms with Crippen LogP contribution in [0.25, 0.3) is 0 Å². The van der Waals surface area contributed by atoms with Crippen molar-refractivity contribution in [2.75, 3.05) is 0 Å². The molecule has 2 aromatic rings. The third kappa shape index (κ3) is 2.52. The Balaban J connectivity index is 2.20. The predicted molar refractivity (Wildman–Crippen MR) is 60.4 cm³/mol. The fourth-order valence-electron chi connectivity index (χ4n) is 1.61. The van der Waals surface area contributed by atoms with Gasteiger partial charge in [-0.2, -0.15) is 4.80 Å². The van der Waals surface area contributed by atoms with Gasteiger partial charge in [0.25, 0.3) is 0 Å². The number of aryl methyl sites for hydroxylation is 2. The van der Waals surface area contributed by atoms with E-state index >= 15 is 0 Å². The van der Waals surface area contributed by atoms with Crippen LogP contribution in [0.2, 0.25) is 0 Å². The Morgan fingerprint density at radius 3 is 2.94 bits per heavy atom. The Bertz CT molecular complexity index is 534. The second-order valence-electron chi connectivity index (χ2n) is 3.68. The minimum Gasteiger partial charge on any atom is -0.294 e. The molecule has 0 aliphatic heterocycles. The van der Waals surface area contributed by atoms with E-state index < -0.39 is 0 Å². The molecule has 6 heteroatoms. The van der Waals surface area contributed by atoms with Gasteiger partial charge in [-0.25, -0.2) is 0 Å². The smallest absolute Gasteiger partial charge is 0.182 e. The second kappa shape index (κ2) is 4.82. The predicted octanol–water partition coefficient (Wildman–Crippen LogP) is 0.593. The normalized spacial score (nSPS) is 10.5. The highest BCUT2D eigenvalue weighted by molar-refractivity contribution is 5.98. The van der Waals surface area contributed by atoms with Gasteiger partial charge in [-0.1, -0.05) is 6.92 Å². The molecule has 0 saturated carbocycles. The lowest BCUT2D eigenvalue weighted by molar-refractivity contribution is 0.0989. The second-order valence-corrected chi connectivity index (χ2v) is 3.68. The molecule has 2 heterocycles. The van der Waals surface area contributed by atoms with Crippen LogP contribution in [0.3, 0.4) is 0 Å².